The van der Waals surface area contributed by atoms with Crippen molar-refractivity contribution in [3.05, 3.63) is 109 Å². The minimum absolute atomic E-state index is 0.0893. The van der Waals surface area contributed by atoms with Crippen LogP contribution in [0.4, 0.5) is 17.1 Å². The van der Waals surface area contributed by atoms with E-state index in [-0.39, 0.29) is 39.5 Å². The van der Waals surface area contributed by atoms with Crippen molar-refractivity contribution in [1.82, 2.24) is 39.9 Å². The van der Waals surface area contributed by atoms with Crippen LogP contribution in [0, 0.1) is 30.3 Å². The van der Waals surface area contributed by atoms with Crippen LogP contribution in [-0.2, 0) is 0 Å². The van der Waals surface area contributed by atoms with Gasteiger partial charge in [0.25, 0.3) is 0 Å². The summed E-state index contributed by atoms with van der Waals surface area (Å²) in [5.41, 5.74) is -0.572. The van der Waals surface area contributed by atoms with E-state index < -0.39 is 31.8 Å². The Morgan fingerprint density at radius 3 is 1.27 bits per heavy atom. The number of nitro benzene ring substituents is 3. The number of nitro groups is 3. The second kappa shape index (κ2) is 9.97. The Kier molecular flexibility index (Phi) is 5.64. The van der Waals surface area contributed by atoms with E-state index in [1.165, 1.54) is 0 Å². The van der Waals surface area contributed by atoms with Crippen LogP contribution in [0.1, 0.15) is 0 Å². The van der Waals surface area contributed by atoms with Gasteiger partial charge in [-0.2, -0.15) is 0 Å². The highest BCUT2D eigenvalue weighted by Gasteiger charge is 2.40. The van der Waals surface area contributed by atoms with Gasteiger partial charge in [0, 0.05) is 44.5 Å². The van der Waals surface area contributed by atoms with Crippen LogP contribution < -0.4 is 0 Å². The monoisotopic (exact) mass is 649 g/mol. The second-order valence-corrected chi connectivity index (χ2v) is 11.0. The van der Waals surface area contributed by atoms with Gasteiger partial charge in [0.2, 0.25) is 0 Å². The van der Waals surface area contributed by atoms with Crippen molar-refractivity contribution in [3.63, 3.8) is 0 Å². The summed E-state index contributed by atoms with van der Waals surface area (Å²) >= 11 is 0. The molecule has 7 aromatic rings. The van der Waals surface area contributed by atoms with Crippen molar-refractivity contribution in [2.75, 3.05) is 0 Å². The van der Waals surface area contributed by atoms with E-state index in [0.29, 0.717) is 39.4 Å². The molecule has 0 radical (unpaired) electrons. The van der Waals surface area contributed by atoms with Crippen LogP contribution in [-0.4, -0.2) is 54.6 Å². The number of H-pyrrole nitrogens is 2. The number of rotatable bonds is 3. The van der Waals surface area contributed by atoms with E-state index in [1.54, 1.807) is 48.5 Å². The molecule has 0 saturated heterocycles. The average molecular weight is 650 g/mol. The van der Waals surface area contributed by atoms with Gasteiger partial charge in [-0.05, 0) is 0 Å². The van der Waals surface area contributed by atoms with Gasteiger partial charge in [0.05, 0.1) is 14.8 Å². The summed E-state index contributed by atoms with van der Waals surface area (Å²) < 4.78 is 0. The maximum Gasteiger partial charge on any atom is 0.423 e. The molecule has 0 amide bonds. The zero-order chi connectivity index (χ0) is 33.6. The van der Waals surface area contributed by atoms with E-state index in [4.69, 9.17) is 15.0 Å². The minimum Gasteiger partial charge on any atom is -0.324 e. The topological polar surface area (TPSA) is 238 Å². The molecule has 0 aliphatic carbocycles. The molecule has 2 aliphatic heterocycles. The predicted molar refractivity (Wildman–Crippen MR) is 176 cm³/mol. The first-order valence-corrected chi connectivity index (χ1v) is 14.5. The van der Waals surface area contributed by atoms with E-state index in [9.17, 15) is 30.3 Å². The lowest BCUT2D eigenvalue weighted by Crippen LogP contribution is -2.02. The first-order valence-electron chi connectivity index (χ1n) is 14.5. The van der Waals surface area contributed by atoms with Crippen molar-refractivity contribution in [1.29, 1.82) is 0 Å². The number of aromatic nitrogens is 8. The summed E-state index contributed by atoms with van der Waals surface area (Å²) in [5.74, 6) is 0.801. The Bertz CT molecular complexity index is 2850. The van der Waals surface area contributed by atoms with Crippen LogP contribution in [0.25, 0.3) is 89.7 Å². The molecule has 3 aromatic heterocycles. The molecule has 2 N–H and O–H groups in total. The van der Waals surface area contributed by atoms with E-state index in [0.717, 1.165) is 16.8 Å². The normalized spacial score (nSPS) is 11.8. The molecule has 17 nitrogen and oxygen atoms in total. The lowest BCUT2D eigenvalue weighted by Gasteiger charge is -1.99. The molecule has 5 heterocycles. The smallest absolute Gasteiger partial charge is 0.324 e. The first kappa shape index (κ1) is 27.7. The van der Waals surface area contributed by atoms with Crippen molar-refractivity contribution < 1.29 is 14.8 Å². The van der Waals surface area contributed by atoms with E-state index in [2.05, 4.69) is 24.9 Å². The molecular weight excluding hydrogens is 634 g/mol. The average Bonchev–Trinajstić information content (AvgIpc) is 3.83. The molecule has 49 heavy (non-hydrogen) atoms. The number of hydrogen-bond acceptors (Lipinski definition) is 12. The summed E-state index contributed by atoms with van der Waals surface area (Å²) in [7, 11) is 0. The summed E-state index contributed by atoms with van der Waals surface area (Å²) in [5, 5.41) is 37.7. The van der Waals surface area contributed by atoms with Gasteiger partial charge in [0.1, 0.15) is 28.0 Å². The maximum atomic E-state index is 12.5. The fraction of sp³-hybridized carbons (Fsp3) is 0. The summed E-state index contributed by atoms with van der Waals surface area (Å²) in [6.45, 7) is 0. The van der Waals surface area contributed by atoms with Crippen LogP contribution >= 0.6 is 0 Å². The highest BCUT2D eigenvalue weighted by Crippen LogP contribution is 2.45. The highest BCUT2D eigenvalue weighted by molar-refractivity contribution is 6.13. The third-order valence-corrected chi connectivity index (χ3v) is 8.33. The number of aromatic amines is 2. The molecule has 234 valence electrons. The van der Waals surface area contributed by atoms with Gasteiger partial charge in [-0.25, -0.2) is 29.9 Å². The van der Waals surface area contributed by atoms with Crippen molar-refractivity contribution in [3.8, 4) is 45.6 Å². The second-order valence-electron chi connectivity index (χ2n) is 11.0. The molecule has 0 saturated carbocycles. The largest absolute Gasteiger partial charge is 0.423 e. The fourth-order valence-electron chi connectivity index (χ4n) is 6.25. The Hall–Kier alpha value is -7.56. The van der Waals surface area contributed by atoms with Gasteiger partial charge in [-0.1, -0.05) is 72.8 Å². The minimum atomic E-state index is -1.29. The number of fused-ring (bicyclic) bond motifs is 20. The lowest BCUT2D eigenvalue weighted by molar-refractivity contribution is -0.440. The molecule has 8 bridgehead atoms. The van der Waals surface area contributed by atoms with Crippen LogP contribution in [0.15, 0.2) is 78.9 Å². The maximum absolute atomic E-state index is 12.5. The van der Waals surface area contributed by atoms with Crippen LogP contribution in [0.5, 0.6) is 0 Å². The SMILES string of the molecule is O=[N+]([O-])c1cc2c3nc4nc(nc5[nH]c(nc6nc(nc([nH]3)c2c([N+](=O)[O-])c1[N+](=O)[O-])-c1ccccc1-6)c1ccccc51)-c1ccccc1-4. The first-order chi connectivity index (χ1) is 23.8. The molecule has 4 aromatic carbocycles. The van der Waals surface area contributed by atoms with E-state index >= 15 is 0 Å². The van der Waals surface area contributed by atoms with Gasteiger partial charge >= 0.3 is 17.1 Å². The number of nitrogens with zero attached hydrogens (tertiary/aromatic N) is 9. The Morgan fingerprint density at radius 1 is 0.449 bits per heavy atom. The van der Waals surface area contributed by atoms with Gasteiger partial charge in [-0.15, -0.1) is 0 Å². The molecule has 0 fully saturated rings. The Labute approximate surface area is 270 Å². The number of benzene rings is 4. The number of hydrogen-bond donors (Lipinski definition) is 2. The zero-order valence-corrected chi connectivity index (χ0v) is 24.5. The third-order valence-electron chi connectivity index (χ3n) is 8.33. The van der Waals surface area contributed by atoms with Crippen molar-refractivity contribution >= 4 is 61.2 Å². The quantitative estimate of drug-likeness (QED) is 0.152. The van der Waals surface area contributed by atoms with Crippen LogP contribution in [0.3, 0.4) is 0 Å². The fourth-order valence-corrected chi connectivity index (χ4v) is 6.25. The van der Waals surface area contributed by atoms with Gasteiger partial charge in [-0.3, -0.25) is 30.3 Å². The standard InChI is InChI=1S/C32H15N11O6/c44-41(45)21-13-20-22(24(43(48)49)23(21)42(46)47)32-39-30-19-12-6-5-11-18(19)28(37-30)35-26-15-8-2-1-7-14(15)25(33-26)34-27-16-9-3-4-10-17(16)29(36-27)38-31(20)40-32/h1-13H,(H2,33,34,35,36,37,38,39,40). The molecule has 2 aliphatic rings. The molecule has 0 spiro atoms. The molecule has 17 heteroatoms. The van der Waals surface area contributed by atoms with E-state index in [1.807, 2.05) is 24.3 Å². The van der Waals surface area contributed by atoms with Gasteiger partial charge in [0.15, 0.2) is 23.3 Å². The Balaban J connectivity index is 1.55. The molecule has 0 unspecified atom stereocenters. The molecule has 9 rings (SSSR count). The van der Waals surface area contributed by atoms with Crippen LogP contribution in [0.2, 0.25) is 0 Å². The van der Waals surface area contributed by atoms with Gasteiger partial charge < -0.3 is 9.97 Å². The highest BCUT2D eigenvalue weighted by atomic mass is 16.6. The Morgan fingerprint density at radius 2 is 0.837 bits per heavy atom. The summed E-state index contributed by atoms with van der Waals surface area (Å²) in [6, 6.07) is 22.6. The van der Waals surface area contributed by atoms with Crippen molar-refractivity contribution in [2.45, 2.75) is 0 Å². The zero-order valence-electron chi connectivity index (χ0n) is 24.5. The summed E-state index contributed by atoms with van der Waals surface area (Å²) in [6.07, 6.45) is 0. The molecular formula is C32H15N11O6. The predicted octanol–water partition coefficient (Wildman–Crippen LogP) is 6.59. The lowest BCUT2D eigenvalue weighted by atomic mass is 10.1. The number of nitrogens with one attached hydrogen (secondary N) is 2. The summed E-state index contributed by atoms with van der Waals surface area (Å²) in [4.78, 5) is 68.1. The molecule has 0 atom stereocenters. The third kappa shape index (κ3) is 4.05. The van der Waals surface area contributed by atoms with Crippen molar-refractivity contribution in [2.24, 2.45) is 0 Å².